The van der Waals surface area contributed by atoms with Gasteiger partial charge in [0, 0.05) is 25.0 Å². The van der Waals surface area contributed by atoms with Crippen molar-refractivity contribution < 1.29 is 0 Å². The predicted molar refractivity (Wildman–Crippen MR) is 77.1 cm³/mol. The molecule has 0 aromatic carbocycles. The molecule has 5 nitrogen and oxygen atoms in total. The first-order chi connectivity index (χ1) is 9.29. The molecule has 100 valence electrons. The van der Waals surface area contributed by atoms with Crippen molar-refractivity contribution in [2.45, 2.75) is 26.3 Å². The van der Waals surface area contributed by atoms with Crippen LogP contribution in [0, 0.1) is 0 Å². The van der Waals surface area contributed by atoms with E-state index in [2.05, 4.69) is 39.4 Å². The average Bonchev–Trinajstić information content (AvgIpc) is 2.46. The monoisotopic (exact) mass is 257 g/mol. The molecule has 0 spiro atoms. The molecule has 0 bridgehead atoms. The Morgan fingerprint density at radius 3 is 2.84 bits per heavy atom. The molecule has 2 rings (SSSR count). The van der Waals surface area contributed by atoms with Crippen LogP contribution in [0.2, 0.25) is 0 Å². The standard InChI is InChI=1S/C14H19N5/c1-3-6-16-13-8-14(18-10-17-13)19-11(2)12-5-4-7-15-9-12/h4-5,7-11H,3,6H2,1-2H3,(H2,16,17,18,19). The molecule has 0 amide bonds. The fourth-order valence-corrected chi connectivity index (χ4v) is 1.72. The summed E-state index contributed by atoms with van der Waals surface area (Å²) in [7, 11) is 0. The van der Waals surface area contributed by atoms with Crippen molar-refractivity contribution in [3.63, 3.8) is 0 Å². The summed E-state index contributed by atoms with van der Waals surface area (Å²) in [6.07, 6.45) is 6.26. The lowest BCUT2D eigenvalue weighted by Gasteiger charge is -2.15. The third-order valence-electron chi connectivity index (χ3n) is 2.77. The van der Waals surface area contributed by atoms with Crippen LogP contribution in [0.1, 0.15) is 31.9 Å². The molecule has 5 heteroatoms. The summed E-state index contributed by atoms with van der Waals surface area (Å²) in [5, 5.41) is 6.59. The molecule has 0 aliphatic carbocycles. The Kier molecular flexibility index (Phi) is 4.66. The highest BCUT2D eigenvalue weighted by molar-refractivity contribution is 5.47. The number of pyridine rings is 1. The second-order valence-electron chi connectivity index (χ2n) is 4.37. The van der Waals surface area contributed by atoms with Gasteiger partial charge in [-0.25, -0.2) is 9.97 Å². The summed E-state index contributed by atoms with van der Waals surface area (Å²) in [4.78, 5) is 12.5. The maximum Gasteiger partial charge on any atom is 0.131 e. The van der Waals surface area contributed by atoms with Gasteiger partial charge >= 0.3 is 0 Å². The van der Waals surface area contributed by atoms with Crippen LogP contribution in [0.25, 0.3) is 0 Å². The van der Waals surface area contributed by atoms with Gasteiger partial charge in [-0.1, -0.05) is 13.0 Å². The van der Waals surface area contributed by atoms with E-state index < -0.39 is 0 Å². The van der Waals surface area contributed by atoms with Gasteiger partial charge in [-0.05, 0) is 25.0 Å². The molecule has 0 saturated heterocycles. The summed E-state index contributed by atoms with van der Waals surface area (Å²) in [5.74, 6) is 1.66. The average molecular weight is 257 g/mol. The second kappa shape index (κ2) is 6.68. The Morgan fingerprint density at radius 1 is 1.26 bits per heavy atom. The van der Waals surface area contributed by atoms with Gasteiger partial charge in [-0.3, -0.25) is 4.98 Å². The van der Waals surface area contributed by atoms with Crippen LogP contribution in [0.3, 0.4) is 0 Å². The van der Waals surface area contributed by atoms with Gasteiger partial charge in [-0.2, -0.15) is 0 Å². The van der Waals surface area contributed by atoms with E-state index in [1.165, 1.54) is 0 Å². The minimum atomic E-state index is 0.155. The number of rotatable bonds is 6. The van der Waals surface area contributed by atoms with Crippen LogP contribution < -0.4 is 10.6 Å². The van der Waals surface area contributed by atoms with E-state index in [4.69, 9.17) is 0 Å². The van der Waals surface area contributed by atoms with Crippen LogP contribution in [0.4, 0.5) is 11.6 Å². The number of hydrogen-bond acceptors (Lipinski definition) is 5. The zero-order chi connectivity index (χ0) is 13.5. The summed E-state index contributed by atoms with van der Waals surface area (Å²) >= 11 is 0. The molecule has 0 aliphatic rings. The van der Waals surface area contributed by atoms with Crippen molar-refractivity contribution >= 4 is 11.6 Å². The molecule has 2 N–H and O–H groups in total. The molecule has 2 heterocycles. The Hall–Kier alpha value is -2.17. The van der Waals surface area contributed by atoms with Crippen molar-refractivity contribution in [1.82, 2.24) is 15.0 Å². The van der Waals surface area contributed by atoms with Gasteiger partial charge in [-0.15, -0.1) is 0 Å². The minimum absolute atomic E-state index is 0.155. The number of nitrogens with one attached hydrogen (secondary N) is 2. The summed E-state index contributed by atoms with van der Waals surface area (Å²) < 4.78 is 0. The molecule has 0 aliphatic heterocycles. The molecule has 19 heavy (non-hydrogen) atoms. The van der Waals surface area contributed by atoms with Gasteiger partial charge < -0.3 is 10.6 Å². The molecule has 2 aromatic rings. The Labute approximate surface area is 113 Å². The summed E-state index contributed by atoms with van der Waals surface area (Å²) in [6.45, 7) is 5.12. The first kappa shape index (κ1) is 13.3. The quantitative estimate of drug-likeness (QED) is 0.833. The number of anilines is 2. The lowest BCUT2D eigenvalue weighted by Crippen LogP contribution is -2.09. The third-order valence-corrected chi connectivity index (χ3v) is 2.77. The van der Waals surface area contributed by atoms with Crippen molar-refractivity contribution in [2.24, 2.45) is 0 Å². The van der Waals surface area contributed by atoms with E-state index in [1.807, 2.05) is 24.4 Å². The number of aromatic nitrogens is 3. The Morgan fingerprint density at radius 2 is 2.11 bits per heavy atom. The van der Waals surface area contributed by atoms with Crippen LogP contribution in [0.5, 0.6) is 0 Å². The van der Waals surface area contributed by atoms with Gasteiger partial charge in [0.05, 0.1) is 6.04 Å². The fourth-order valence-electron chi connectivity index (χ4n) is 1.72. The van der Waals surface area contributed by atoms with Crippen molar-refractivity contribution in [1.29, 1.82) is 0 Å². The molecule has 2 aromatic heterocycles. The normalized spacial score (nSPS) is 11.9. The zero-order valence-corrected chi connectivity index (χ0v) is 11.3. The highest BCUT2D eigenvalue weighted by atomic mass is 15.1. The van der Waals surface area contributed by atoms with Crippen LogP contribution >= 0.6 is 0 Å². The smallest absolute Gasteiger partial charge is 0.131 e. The van der Waals surface area contributed by atoms with Gasteiger partial charge in [0.15, 0.2) is 0 Å². The van der Waals surface area contributed by atoms with E-state index in [9.17, 15) is 0 Å². The van der Waals surface area contributed by atoms with Gasteiger partial charge in [0.1, 0.15) is 18.0 Å². The zero-order valence-electron chi connectivity index (χ0n) is 11.3. The molecular weight excluding hydrogens is 238 g/mol. The Balaban J connectivity index is 2.02. The van der Waals surface area contributed by atoms with Gasteiger partial charge in [0.2, 0.25) is 0 Å². The number of nitrogens with zero attached hydrogens (tertiary/aromatic N) is 3. The van der Waals surface area contributed by atoms with Gasteiger partial charge in [0.25, 0.3) is 0 Å². The highest BCUT2D eigenvalue weighted by Crippen LogP contribution is 2.17. The molecule has 1 unspecified atom stereocenters. The third kappa shape index (κ3) is 3.91. The molecule has 0 radical (unpaired) electrons. The largest absolute Gasteiger partial charge is 0.370 e. The SMILES string of the molecule is CCCNc1cc(NC(C)c2cccnc2)ncn1. The lowest BCUT2D eigenvalue weighted by molar-refractivity contribution is 0.863. The molecule has 1 atom stereocenters. The maximum atomic E-state index is 4.23. The van der Waals surface area contributed by atoms with Crippen molar-refractivity contribution in [2.75, 3.05) is 17.2 Å². The Bertz CT molecular complexity index is 500. The topological polar surface area (TPSA) is 62.7 Å². The fraction of sp³-hybridized carbons (Fsp3) is 0.357. The minimum Gasteiger partial charge on any atom is -0.370 e. The first-order valence-electron chi connectivity index (χ1n) is 6.52. The van der Waals surface area contributed by atoms with E-state index in [-0.39, 0.29) is 6.04 Å². The van der Waals surface area contributed by atoms with Crippen molar-refractivity contribution in [3.8, 4) is 0 Å². The van der Waals surface area contributed by atoms with Crippen LogP contribution in [0.15, 0.2) is 36.9 Å². The lowest BCUT2D eigenvalue weighted by atomic mass is 10.1. The maximum absolute atomic E-state index is 4.23. The van der Waals surface area contributed by atoms with Crippen LogP contribution in [-0.2, 0) is 0 Å². The van der Waals surface area contributed by atoms with E-state index in [0.717, 1.165) is 30.2 Å². The summed E-state index contributed by atoms with van der Waals surface area (Å²) in [5.41, 5.74) is 1.13. The van der Waals surface area contributed by atoms with E-state index in [0.29, 0.717) is 0 Å². The second-order valence-corrected chi connectivity index (χ2v) is 4.37. The first-order valence-corrected chi connectivity index (χ1v) is 6.52. The number of hydrogen-bond donors (Lipinski definition) is 2. The van der Waals surface area contributed by atoms with Crippen molar-refractivity contribution in [3.05, 3.63) is 42.5 Å². The van der Waals surface area contributed by atoms with E-state index in [1.54, 1.807) is 12.5 Å². The summed E-state index contributed by atoms with van der Waals surface area (Å²) in [6, 6.07) is 6.05. The molecular formula is C14H19N5. The van der Waals surface area contributed by atoms with E-state index >= 15 is 0 Å². The predicted octanol–water partition coefficient (Wildman–Crippen LogP) is 2.87. The molecule has 0 saturated carbocycles. The highest BCUT2D eigenvalue weighted by Gasteiger charge is 2.06. The van der Waals surface area contributed by atoms with Crippen LogP contribution in [-0.4, -0.2) is 21.5 Å². The molecule has 0 fully saturated rings.